The van der Waals surface area contributed by atoms with Gasteiger partial charge in [0.05, 0.1) is 22.3 Å². The van der Waals surface area contributed by atoms with E-state index in [0.29, 0.717) is 20.9 Å². The number of hydrogen-bond acceptors (Lipinski definition) is 2. The van der Waals surface area contributed by atoms with Gasteiger partial charge in [-0.15, -0.1) is 0 Å². The Kier molecular flexibility index (Phi) is 3.52. The summed E-state index contributed by atoms with van der Waals surface area (Å²) in [5, 5.41) is 5.60. The Bertz CT molecular complexity index is 551. The van der Waals surface area contributed by atoms with Gasteiger partial charge in [0.25, 0.3) is 0 Å². The molecule has 17 heavy (non-hydrogen) atoms. The predicted molar refractivity (Wildman–Crippen MR) is 71.9 cm³/mol. The van der Waals surface area contributed by atoms with E-state index >= 15 is 0 Å². The number of benzene rings is 1. The van der Waals surface area contributed by atoms with Crippen molar-refractivity contribution in [1.82, 2.24) is 9.78 Å². The zero-order valence-corrected chi connectivity index (χ0v) is 11.3. The van der Waals surface area contributed by atoms with Crippen molar-refractivity contribution in [2.24, 2.45) is 0 Å². The maximum absolute atomic E-state index is 5.97. The van der Waals surface area contributed by atoms with Gasteiger partial charge < -0.3 is 5.73 Å². The fourth-order valence-corrected chi connectivity index (χ4v) is 2.01. The van der Waals surface area contributed by atoms with Gasteiger partial charge in [0.15, 0.2) is 0 Å². The number of hydrogen-bond donors (Lipinski definition) is 1. The molecule has 0 saturated heterocycles. The van der Waals surface area contributed by atoms with Gasteiger partial charge in [-0.2, -0.15) is 5.10 Å². The van der Waals surface area contributed by atoms with E-state index < -0.39 is 0 Å². The second-order valence-corrected chi connectivity index (χ2v) is 4.89. The molecule has 6 heteroatoms. The van der Waals surface area contributed by atoms with E-state index in [9.17, 15) is 0 Å². The number of nitrogens with zero attached hydrogens (tertiary/aromatic N) is 2. The number of nitrogen functional groups attached to an aromatic ring is 1. The molecule has 0 fully saturated rings. The summed E-state index contributed by atoms with van der Waals surface area (Å²) in [7, 11) is 0. The molecule has 1 atom stereocenters. The molecule has 0 aliphatic rings. The first-order chi connectivity index (χ1) is 8.00. The number of anilines is 1. The molecule has 0 spiro atoms. The monoisotopic (exact) mass is 289 g/mol. The van der Waals surface area contributed by atoms with Gasteiger partial charge >= 0.3 is 0 Å². The average Bonchev–Trinajstić information content (AvgIpc) is 2.63. The number of rotatable bonds is 2. The van der Waals surface area contributed by atoms with Crippen LogP contribution >= 0.6 is 34.8 Å². The van der Waals surface area contributed by atoms with Gasteiger partial charge in [-0.05, 0) is 24.6 Å². The lowest BCUT2D eigenvalue weighted by molar-refractivity contribution is 0.573. The maximum atomic E-state index is 5.97. The standard InChI is InChI=1S/C11H10Cl3N3/c1-6(17-11(15)10(14)5-16-17)7-2-3-8(12)9(13)4-7/h2-6H,15H2,1H3. The van der Waals surface area contributed by atoms with Gasteiger partial charge in [-0.1, -0.05) is 40.9 Å². The Hall–Kier alpha value is -0.900. The molecule has 1 unspecified atom stereocenters. The molecular formula is C11H10Cl3N3. The molecule has 1 heterocycles. The van der Waals surface area contributed by atoms with Crippen LogP contribution in [0.25, 0.3) is 0 Å². The highest BCUT2D eigenvalue weighted by molar-refractivity contribution is 6.42. The third-order valence-corrected chi connectivity index (χ3v) is 3.61. The Balaban J connectivity index is 2.40. The minimum Gasteiger partial charge on any atom is -0.383 e. The molecule has 90 valence electrons. The molecule has 0 aliphatic carbocycles. The molecule has 2 rings (SSSR count). The highest BCUT2D eigenvalue weighted by Crippen LogP contribution is 2.29. The van der Waals surface area contributed by atoms with E-state index in [-0.39, 0.29) is 6.04 Å². The van der Waals surface area contributed by atoms with E-state index in [1.54, 1.807) is 16.8 Å². The zero-order chi connectivity index (χ0) is 12.6. The van der Waals surface area contributed by atoms with E-state index in [1.165, 1.54) is 6.20 Å². The first-order valence-corrected chi connectivity index (χ1v) is 6.07. The summed E-state index contributed by atoms with van der Waals surface area (Å²) >= 11 is 17.7. The first kappa shape index (κ1) is 12.6. The van der Waals surface area contributed by atoms with Crippen molar-refractivity contribution >= 4 is 40.6 Å². The molecule has 0 amide bonds. The number of nitrogens with two attached hydrogens (primary N) is 1. The van der Waals surface area contributed by atoms with Crippen LogP contribution in [0.15, 0.2) is 24.4 Å². The second kappa shape index (κ2) is 4.77. The van der Waals surface area contributed by atoms with E-state index in [1.807, 2.05) is 13.0 Å². The normalized spacial score (nSPS) is 12.7. The Morgan fingerprint density at radius 3 is 2.41 bits per heavy atom. The van der Waals surface area contributed by atoms with Crippen molar-refractivity contribution in [3.8, 4) is 0 Å². The molecule has 0 radical (unpaired) electrons. The van der Waals surface area contributed by atoms with E-state index in [0.717, 1.165) is 5.56 Å². The quantitative estimate of drug-likeness (QED) is 0.907. The third-order valence-electron chi connectivity index (χ3n) is 2.58. The van der Waals surface area contributed by atoms with Crippen LogP contribution in [0.2, 0.25) is 15.1 Å². The van der Waals surface area contributed by atoms with Crippen LogP contribution in [0.3, 0.4) is 0 Å². The zero-order valence-electron chi connectivity index (χ0n) is 8.99. The van der Waals surface area contributed by atoms with Crippen LogP contribution in [0.4, 0.5) is 5.82 Å². The lowest BCUT2D eigenvalue weighted by Gasteiger charge is -2.15. The third kappa shape index (κ3) is 2.37. The molecular weight excluding hydrogens is 281 g/mol. The molecule has 1 aromatic heterocycles. The number of halogens is 3. The summed E-state index contributed by atoms with van der Waals surface area (Å²) in [5.41, 5.74) is 6.78. The highest BCUT2D eigenvalue weighted by Gasteiger charge is 2.14. The Morgan fingerprint density at radius 2 is 1.88 bits per heavy atom. The predicted octanol–water partition coefficient (Wildman–Crippen LogP) is 4.03. The van der Waals surface area contributed by atoms with Crippen LogP contribution in [0.5, 0.6) is 0 Å². The molecule has 1 aromatic carbocycles. The van der Waals surface area contributed by atoms with Crippen LogP contribution in [-0.2, 0) is 0 Å². The summed E-state index contributed by atoms with van der Waals surface area (Å²) < 4.78 is 1.64. The van der Waals surface area contributed by atoms with Crippen molar-refractivity contribution in [2.75, 3.05) is 5.73 Å². The van der Waals surface area contributed by atoms with Crippen molar-refractivity contribution in [1.29, 1.82) is 0 Å². The van der Waals surface area contributed by atoms with Crippen molar-refractivity contribution in [3.63, 3.8) is 0 Å². The van der Waals surface area contributed by atoms with E-state index in [2.05, 4.69) is 5.10 Å². The molecule has 2 aromatic rings. The Morgan fingerprint density at radius 1 is 1.18 bits per heavy atom. The largest absolute Gasteiger partial charge is 0.383 e. The average molecular weight is 291 g/mol. The van der Waals surface area contributed by atoms with Crippen LogP contribution in [0.1, 0.15) is 18.5 Å². The molecule has 0 bridgehead atoms. The van der Waals surface area contributed by atoms with Crippen LogP contribution in [-0.4, -0.2) is 9.78 Å². The molecule has 2 N–H and O–H groups in total. The van der Waals surface area contributed by atoms with Gasteiger partial charge in [0.1, 0.15) is 10.8 Å². The molecule has 0 aliphatic heterocycles. The van der Waals surface area contributed by atoms with Gasteiger partial charge in [0, 0.05) is 0 Å². The number of aromatic nitrogens is 2. The van der Waals surface area contributed by atoms with Crippen LogP contribution < -0.4 is 5.73 Å². The van der Waals surface area contributed by atoms with Gasteiger partial charge in [0.2, 0.25) is 0 Å². The van der Waals surface area contributed by atoms with Crippen molar-refractivity contribution in [3.05, 3.63) is 45.0 Å². The smallest absolute Gasteiger partial charge is 0.141 e. The molecule has 3 nitrogen and oxygen atoms in total. The fourth-order valence-electron chi connectivity index (χ4n) is 1.57. The van der Waals surface area contributed by atoms with Gasteiger partial charge in [-0.25, -0.2) is 4.68 Å². The SMILES string of the molecule is CC(c1ccc(Cl)c(Cl)c1)n1ncc(Cl)c1N. The highest BCUT2D eigenvalue weighted by atomic mass is 35.5. The lowest BCUT2D eigenvalue weighted by atomic mass is 10.1. The topological polar surface area (TPSA) is 43.8 Å². The minimum atomic E-state index is -0.0581. The summed E-state index contributed by atoms with van der Waals surface area (Å²) in [6, 6.07) is 5.37. The first-order valence-electron chi connectivity index (χ1n) is 4.94. The summed E-state index contributed by atoms with van der Waals surface area (Å²) in [6.45, 7) is 1.96. The Labute approximate surface area is 114 Å². The van der Waals surface area contributed by atoms with Crippen LogP contribution in [0, 0.1) is 0 Å². The van der Waals surface area contributed by atoms with Crippen molar-refractivity contribution in [2.45, 2.75) is 13.0 Å². The lowest BCUT2D eigenvalue weighted by Crippen LogP contribution is -2.11. The minimum absolute atomic E-state index is 0.0581. The molecule has 0 saturated carbocycles. The van der Waals surface area contributed by atoms with E-state index in [4.69, 9.17) is 40.5 Å². The summed E-state index contributed by atoms with van der Waals surface area (Å²) in [6.07, 6.45) is 1.52. The summed E-state index contributed by atoms with van der Waals surface area (Å²) in [5.74, 6) is 0.435. The second-order valence-electron chi connectivity index (χ2n) is 3.67. The maximum Gasteiger partial charge on any atom is 0.141 e. The van der Waals surface area contributed by atoms with Gasteiger partial charge in [-0.3, -0.25) is 0 Å². The fraction of sp³-hybridized carbons (Fsp3) is 0.182. The van der Waals surface area contributed by atoms with Crippen molar-refractivity contribution < 1.29 is 0 Å². The summed E-state index contributed by atoms with van der Waals surface area (Å²) in [4.78, 5) is 0.